The highest BCUT2D eigenvalue weighted by Gasteiger charge is 2.50. The van der Waals surface area contributed by atoms with Crippen molar-refractivity contribution in [2.24, 2.45) is 11.3 Å². The maximum absolute atomic E-state index is 12.9. The lowest BCUT2D eigenvalue weighted by Crippen LogP contribution is -2.38. The average molecular weight is 337 g/mol. The van der Waals surface area contributed by atoms with Crippen molar-refractivity contribution in [3.8, 4) is 0 Å². The smallest absolute Gasteiger partial charge is 0.228 e. The molecule has 2 aliphatic rings. The number of imidazole rings is 1. The molecule has 1 aromatic carbocycles. The molecule has 0 spiro atoms. The van der Waals surface area contributed by atoms with Gasteiger partial charge in [-0.25, -0.2) is 4.98 Å². The molecule has 2 fully saturated rings. The summed E-state index contributed by atoms with van der Waals surface area (Å²) in [7, 11) is 0. The van der Waals surface area contributed by atoms with Crippen LogP contribution >= 0.6 is 0 Å². The first-order chi connectivity index (χ1) is 12.3. The second-order valence-electron chi connectivity index (χ2n) is 7.79. The molecule has 132 valence electrons. The van der Waals surface area contributed by atoms with Crippen LogP contribution in [0.25, 0.3) is 0 Å². The van der Waals surface area contributed by atoms with E-state index in [9.17, 15) is 4.79 Å². The van der Waals surface area contributed by atoms with E-state index in [-0.39, 0.29) is 11.3 Å². The monoisotopic (exact) mass is 337 g/mol. The van der Waals surface area contributed by atoms with Crippen molar-refractivity contribution in [1.82, 2.24) is 14.9 Å². The Bertz CT molecular complexity index is 685. The zero-order valence-corrected chi connectivity index (χ0v) is 14.7. The summed E-state index contributed by atoms with van der Waals surface area (Å²) in [5.41, 5.74) is 1.16. The van der Waals surface area contributed by atoms with Crippen LogP contribution < -0.4 is 5.32 Å². The summed E-state index contributed by atoms with van der Waals surface area (Å²) in [6.07, 6.45) is 12.7. The minimum atomic E-state index is -0.211. The fourth-order valence-electron chi connectivity index (χ4n) is 4.34. The molecule has 4 rings (SSSR count). The maximum Gasteiger partial charge on any atom is 0.228 e. The fraction of sp³-hybridized carbons (Fsp3) is 0.524. The van der Waals surface area contributed by atoms with Crippen LogP contribution in [-0.4, -0.2) is 22.0 Å². The number of carbonyl (C=O) groups excluding carboxylic acids is 1. The van der Waals surface area contributed by atoms with Crippen LogP contribution in [0, 0.1) is 11.3 Å². The van der Waals surface area contributed by atoms with Crippen LogP contribution in [-0.2, 0) is 11.3 Å². The van der Waals surface area contributed by atoms with Crippen molar-refractivity contribution < 1.29 is 4.79 Å². The molecule has 2 aromatic rings. The van der Waals surface area contributed by atoms with Crippen molar-refractivity contribution in [2.75, 3.05) is 6.54 Å². The summed E-state index contributed by atoms with van der Waals surface area (Å²) in [5, 5.41) is 3.30. The molecule has 0 unspecified atom stereocenters. The lowest BCUT2D eigenvalue weighted by atomic mass is 9.84. The van der Waals surface area contributed by atoms with E-state index in [1.807, 2.05) is 10.8 Å². The number of nitrogens with zero attached hydrogens (tertiary/aromatic N) is 2. The van der Waals surface area contributed by atoms with Gasteiger partial charge in [-0.15, -0.1) is 0 Å². The molecule has 2 saturated carbocycles. The maximum atomic E-state index is 12.9. The molecule has 4 heteroatoms. The SMILES string of the molecule is O=C(NC[C@@H](c1ccccc1)C1CCCC1)C1(Cn2ccnc2)CC1. The number of aromatic nitrogens is 2. The summed E-state index contributed by atoms with van der Waals surface area (Å²) in [4.78, 5) is 17.0. The molecule has 2 aliphatic carbocycles. The Morgan fingerprint density at radius 3 is 2.64 bits per heavy atom. The molecular weight excluding hydrogens is 310 g/mol. The largest absolute Gasteiger partial charge is 0.355 e. The first-order valence-electron chi connectivity index (χ1n) is 9.56. The van der Waals surface area contributed by atoms with Crippen LogP contribution in [0.2, 0.25) is 0 Å². The first-order valence-corrected chi connectivity index (χ1v) is 9.56. The van der Waals surface area contributed by atoms with Gasteiger partial charge < -0.3 is 9.88 Å². The Hall–Kier alpha value is -2.10. The zero-order chi connectivity index (χ0) is 17.1. The minimum absolute atomic E-state index is 0.211. The van der Waals surface area contributed by atoms with Gasteiger partial charge in [0.1, 0.15) is 0 Å². The van der Waals surface area contributed by atoms with Crippen molar-refractivity contribution in [3.05, 3.63) is 54.6 Å². The van der Waals surface area contributed by atoms with Gasteiger partial charge in [0.15, 0.2) is 0 Å². The highest BCUT2D eigenvalue weighted by Crippen LogP contribution is 2.47. The summed E-state index contributed by atoms with van der Waals surface area (Å²) in [6, 6.07) is 10.7. The van der Waals surface area contributed by atoms with Gasteiger partial charge in [0, 0.05) is 31.4 Å². The number of hydrogen-bond acceptors (Lipinski definition) is 2. The van der Waals surface area contributed by atoms with Gasteiger partial charge in [-0.05, 0) is 37.2 Å². The molecular formula is C21H27N3O. The standard InChI is InChI=1S/C21H27N3O/c25-20(21(10-11-21)15-24-13-12-22-16-24)23-14-19(18-8-4-5-9-18)17-6-2-1-3-7-17/h1-3,6-7,12-13,16,18-19H,4-5,8-11,14-15H2,(H,23,25)/t19-/m0/s1. The van der Waals surface area contributed by atoms with E-state index in [4.69, 9.17) is 0 Å². The summed E-state index contributed by atoms with van der Waals surface area (Å²) < 4.78 is 2.03. The number of benzene rings is 1. The first kappa shape index (κ1) is 16.4. The molecule has 1 amide bonds. The third-order valence-corrected chi connectivity index (χ3v) is 6.06. The molecule has 1 aromatic heterocycles. The molecule has 0 radical (unpaired) electrons. The highest BCUT2D eigenvalue weighted by molar-refractivity contribution is 5.85. The minimum Gasteiger partial charge on any atom is -0.355 e. The molecule has 1 atom stereocenters. The highest BCUT2D eigenvalue weighted by atomic mass is 16.2. The molecule has 4 nitrogen and oxygen atoms in total. The number of carbonyl (C=O) groups is 1. The lowest BCUT2D eigenvalue weighted by Gasteiger charge is -2.26. The van der Waals surface area contributed by atoms with Gasteiger partial charge >= 0.3 is 0 Å². The van der Waals surface area contributed by atoms with E-state index in [2.05, 4.69) is 40.6 Å². The predicted molar refractivity (Wildman–Crippen MR) is 98.0 cm³/mol. The molecule has 1 N–H and O–H groups in total. The Morgan fingerprint density at radius 2 is 2.00 bits per heavy atom. The molecule has 1 heterocycles. The van der Waals surface area contributed by atoms with Crippen LogP contribution in [0.15, 0.2) is 49.1 Å². The van der Waals surface area contributed by atoms with Gasteiger partial charge in [-0.2, -0.15) is 0 Å². The molecule has 25 heavy (non-hydrogen) atoms. The van der Waals surface area contributed by atoms with E-state index >= 15 is 0 Å². The third-order valence-electron chi connectivity index (χ3n) is 6.06. The molecule has 0 aliphatic heterocycles. The van der Waals surface area contributed by atoms with E-state index in [1.54, 1.807) is 12.5 Å². The summed E-state index contributed by atoms with van der Waals surface area (Å²) in [5.74, 6) is 1.36. The Morgan fingerprint density at radius 1 is 1.24 bits per heavy atom. The van der Waals surface area contributed by atoms with Gasteiger partial charge in [-0.1, -0.05) is 43.2 Å². The summed E-state index contributed by atoms with van der Waals surface area (Å²) >= 11 is 0. The summed E-state index contributed by atoms with van der Waals surface area (Å²) in [6.45, 7) is 1.51. The van der Waals surface area contributed by atoms with Crippen molar-refractivity contribution in [3.63, 3.8) is 0 Å². The Labute approximate surface area is 149 Å². The lowest BCUT2D eigenvalue weighted by molar-refractivity contribution is -0.126. The van der Waals surface area contributed by atoms with Crippen LogP contribution in [0.5, 0.6) is 0 Å². The number of hydrogen-bond donors (Lipinski definition) is 1. The predicted octanol–water partition coefficient (Wildman–Crippen LogP) is 3.75. The fourth-order valence-corrected chi connectivity index (χ4v) is 4.34. The quantitative estimate of drug-likeness (QED) is 0.836. The number of nitrogens with one attached hydrogen (secondary N) is 1. The third kappa shape index (κ3) is 3.63. The number of rotatable bonds is 7. The zero-order valence-electron chi connectivity index (χ0n) is 14.7. The Balaban J connectivity index is 1.41. The topological polar surface area (TPSA) is 46.9 Å². The van der Waals surface area contributed by atoms with E-state index in [1.165, 1.54) is 31.2 Å². The average Bonchev–Trinajstić information content (AvgIpc) is 3.04. The van der Waals surface area contributed by atoms with Gasteiger partial charge in [0.2, 0.25) is 5.91 Å². The number of amides is 1. The van der Waals surface area contributed by atoms with Crippen LogP contribution in [0.3, 0.4) is 0 Å². The second kappa shape index (κ2) is 7.03. The van der Waals surface area contributed by atoms with Crippen LogP contribution in [0.1, 0.15) is 50.0 Å². The van der Waals surface area contributed by atoms with Crippen molar-refractivity contribution in [2.45, 2.75) is 51.0 Å². The normalized spacial score (nSPS) is 20.3. The van der Waals surface area contributed by atoms with E-state index < -0.39 is 0 Å². The van der Waals surface area contributed by atoms with Gasteiger partial charge in [-0.3, -0.25) is 4.79 Å². The van der Waals surface area contributed by atoms with Gasteiger partial charge in [0.05, 0.1) is 11.7 Å². The van der Waals surface area contributed by atoms with E-state index in [0.717, 1.165) is 25.9 Å². The Kier molecular flexibility index (Phi) is 4.60. The van der Waals surface area contributed by atoms with E-state index in [0.29, 0.717) is 11.8 Å². The molecule has 0 saturated heterocycles. The second-order valence-corrected chi connectivity index (χ2v) is 7.79. The molecule has 0 bridgehead atoms. The van der Waals surface area contributed by atoms with Crippen molar-refractivity contribution in [1.29, 1.82) is 0 Å². The van der Waals surface area contributed by atoms with Crippen LogP contribution in [0.4, 0.5) is 0 Å². The van der Waals surface area contributed by atoms with Crippen molar-refractivity contribution >= 4 is 5.91 Å². The van der Waals surface area contributed by atoms with Gasteiger partial charge in [0.25, 0.3) is 0 Å².